The second-order valence-corrected chi connectivity index (χ2v) is 19.7. The van der Waals surface area contributed by atoms with Crippen LogP contribution in [0.25, 0.3) is 0 Å². The van der Waals surface area contributed by atoms with Crippen LogP contribution in [-0.2, 0) is 51.1 Å². The van der Waals surface area contributed by atoms with E-state index in [1.54, 1.807) is 12.2 Å². The van der Waals surface area contributed by atoms with Gasteiger partial charge in [-0.1, -0.05) is 115 Å². The fraction of sp³-hybridized carbons (Fsp3) is 0.717. The van der Waals surface area contributed by atoms with Crippen LogP contribution in [0.3, 0.4) is 0 Å². The van der Waals surface area contributed by atoms with Crippen LogP contribution in [0, 0.1) is 0 Å². The zero-order valence-electron chi connectivity index (χ0n) is 39.4. The zero-order valence-corrected chi connectivity index (χ0v) is 41.2. The van der Waals surface area contributed by atoms with Gasteiger partial charge in [-0.25, -0.2) is 13.9 Å². The molecule has 0 amide bonds. The largest absolute Gasteiger partial charge is 0.481 e. The van der Waals surface area contributed by atoms with E-state index in [4.69, 9.17) is 29.0 Å². The summed E-state index contributed by atoms with van der Waals surface area (Å²) < 4.78 is 56.5. The summed E-state index contributed by atoms with van der Waals surface area (Å²) in [6, 6.07) is 1.24. The summed E-state index contributed by atoms with van der Waals surface area (Å²) >= 11 is 0. The highest BCUT2D eigenvalue weighted by Crippen LogP contribution is 2.60. The maximum Gasteiger partial charge on any atom is 0.481 e. The topological polar surface area (TPSA) is 283 Å². The Bertz CT molecular complexity index is 1820. The van der Waals surface area contributed by atoms with E-state index in [2.05, 4.69) is 41.4 Å². The lowest BCUT2D eigenvalue weighted by atomic mass is 10.1. The number of phosphoric ester groups is 2. The number of esters is 2. The Morgan fingerprint density at radius 2 is 1.30 bits per heavy atom. The van der Waals surface area contributed by atoms with Crippen LogP contribution < -0.4 is 11.4 Å². The minimum absolute atomic E-state index is 0.0151. The number of aliphatic hydroxyl groups excluding tert-OH is 2. The van der Waals surface area contributed by atoms with Crippen molar-refractivity contribution in [1.29, 1.82) is 0 Å². The van der Waals surface area contributed by atoms with Crippen LogP contribution >= 0.6 is 15.6 Å². The first-order valence-corrected chi connectivity index (χ1v) is 26.9. The van der Waals surface area contributed by atoms with E-state index >= 15 is 0 Å². The molecule has 0 aromatic carbocycles. The lowest BCUT2D eigenvalue weighted by molar-refractivity contribution is -0.161. The molecule has 6 N–H and O–H groups in total. The maximum atomic E-state index is 12.8. The van der Waals surface area contributed by atoms with E-state index in [9.17, 15) is 48.3 Å². The molecule has 1 saturated heterocycles. The molecule has 382 valence electrons. The van der Waals surface area contributed by atoms with Crippen molar-refractivity contribution in [2.75, 3.05) is 25.6 Å². The van der Waals surface area contributed by atoms with Crippen LogP contribution in [0.4, 0.5) is 5.82 Å². The van der Waals surface area contributed by atoms with Gasteiger partial charge >= 0.3 is 33.3 Å². The summed E-state index contributed by atoms with van der Waals surface area (Å²) in [6.45, 7) is 1.95. The van der Waals surface area contributed by atoms with Gasteiger partial charge in [0.05, 0.1) is 13.2 Å². The number of ketones is 1. The molecule has 2 heterocycles. The molecule has 1 fully saturated rings. The molecule has 0 spiro atoms. The molecule has 0 bridgehead atoms. The molecule has 67 heavy (non-hydrogen) atoms. The number of carbonyl (C=O) groups excluding carboxylic acids is 3. The van der Waals surface area contributed by atoms with Crippen molar-refractivity contribution < 1.29 is 71.1 Å². The summed E-state index contributed by atoms with van der Waals surface area (Å²) in [5.74, 6) is -1.35. The van der Waals surface area contributed by atoms with E-state index in [0.29, 0.717) is 25.7 Å². The van der Waals surface area contributed by atoms with Crippen molar-refractivity contribution in [2.45, 2.75) is 192 Å². The van der Waals surface area contributed by atoms with Crippen LogP contribution in [-0.4, -0.2) is 91.5 Å². The Morgan fingerprint density at radius 1 is 0.746 bits per heavy atom. The summed E-state index contributed by atoms with van der Waals surface area (Å²) in [4.78, 5) is 73.8. The molecule has 0 saturated carbocycles. The minimum atomic E-state index is -5.44. The van der Waals surface area contributed by atoms with E-state index in [1.165, 1.54) is 38.2 Å². The first kappa shape index (κ1) is 59.8. The van der Waals surface area contributed by atoms with Crippen molar-refractivity contribution in [1.82, 2.24) is 9.55 Å². The average Bonchev–Trinajstić information content (AvgIpc) is 3.55. The number of phosphoric acid groups is 2. The first-order chi connectivity index (χ1) is 32.1. The van der Waals surface area contributed by atoms with Gasteiger partial charge in [-0.2, -0.15) is 9.29 Å². The second-order valence-electron chi connectivity index (χ2n) is 16.6. The Morgan fingerprint density at radius 3 is 1.96 bits per heavy atom. The third-order valence-corrected chi connectivity index (χ3v) is 13.3. The Labute approximate surface area is 395 Å². The second kappa shape index (κ2) is 34.9. The fourth-order valence-electron chi connectivity index (χ4n) is 6.88. The van der Waals surface area contributed by atoms with Gasteiger partial charge in [0.2, 0.25) is 0 Å². The van der Waals surface area contributed by atoms with Crippen LogP contribution in [0.2, 0.25) is 0 Å². The van der Waals surface area contributed by atoms with Gasteiger partial charge < -0.3 is 39.9 Å². The molecule has 2 unspecified atom stereocenters. The monoisotopic (exact) mass is 989 g/mol. The highest BCUT2D eigenvalue weighted by atomic mass is 31.3. The van der Waals surface area contributed by atoms with E-state index in [-0.39, 0.29) is 24.4 Å². The molecular formula is C46H77N3O16P2. The molecule has 2 rings (SSSR count). The van der Waals surface area contributed by atoms with Gasteiger partial charge in [-0.05, 0) is 69.9 Å². The molecule has 1 aliphatic heterocycles. The minimum Gasteiger partial charge on any atom is -0.462 e. The molecule has 21 heteroatoms. The number of ether oxygens (including phenoxy) is 3. The number of aliphatic hydroxyl groups is 2. The smallest absolute Gasteiger partial charge is 0.462 e. The lowest BCUT2D eigenvalue weighted by Gasteiger charge is -2.21. The number of hydrogen-bond acceptors (Lipinski definition) is 16. The SMILES string of the molecule is CCCCC/C=C\C=C\C(=O)CCCCCCCC(=O)OC[C@H](COP(=O)(O)OP(=O)(O)OC[C@H]1O[C@@H](n2ccc(N)nc2=O)[C@H](O)[C@@H]1O)OC(=O)CCCCCCC/C=C\CCCCCC. The number of unbranched alkanes of at least 4 members (excludes halogenated alkanes) is 16. The average molecular weight is 990 g/mol. The highest BCUT2D eigenvalue weighted by molar-refractivity contribution is 7.61. The van der Waals surface area contributed by atoms with Gasteiger partial charge in [0.1, 0.15) is 30.7 Å². The predicted octanol–water partition coefficient (Wildman–Crippen LogP) is 8.40. The van der Waals surface area contributed by atoms with E-state index in [0.717, 1.165) is 87.8 Å². The summed E-state index contributed by atoms with van der Waals surface area (Å²) in [5.41, 5.74) is 4.57. The van der Waals surface area contributed by atoms with Gasteiger partial charge in [0.15, 0.2) is 18.1 Å². The Hall–Kier alpha value is -3.35. The third-order valence-electron chi connectivity index (χ3n) is 10.7. The predicted molar refractivity (Wildman–Crippen MR) is 252 cm³/mol. The Balaban J connectivity index is 1.84. The van der Waals surface area contributed by atoms with Crippen LogP contribution in [0.15, 0.2) is 53.5 Å². The van der Waals surface area contributed by atoms with Gasteiger partial charge in [0, 0.05) is 25.5 Å². The molecule has 0 radical (unpaired) electrons. The maximum absolute atomic E-state index is 12.8. The molecule has 1 aromatic heterocycles. The zero-order chi connectivity index (χ0) is 49.3. The van der Waals surface area contributed by atoms with Crippen molar-refractivity contribution >= 4 is 39.2 Å². The highest BCUT2D eigenvalue weighted by Gasteiger charge is 2.46. The summed E-state index contributed by atoms with van der Waals surface area (Å²) in [6.07, 6.45) is 24.8. The number of nitrogen functional groups attached to an aromatic ring is 1. The number of rotatable bonds is 39. The molecule has 7 atom stereocenters. The number of nitrogens with two attached hydrogens (primary N) is 1. The molecule has 1 aliphatic rings. The molecular weight excluding hydrogens is 912 g/mol. The molecule has 1 aromatic rings. The number of carbonyl (C=O) groups is 3. The van der Waals surface area contributed by atoms with Crippen molar-refractivity contribution in [3.05, 3.63) is 59.2 Å². The van der Waals surface area contributed by atoms with Crippen molar-refractivity contribution in [2.24, 2.45) is 0 Å². The van der Waals surface area contributed by atoms with Crippen molar-refractivity contribution in [3.8, 4) is 0 Å². The molecule has 19 nitrogen and oxygen atoms in total. The number of hydrogen-bond donors (Lipinski definition) is 5. The van der Waals surface area contributed by atoms with Gasteiger partial charge in [-0.15, -0.1) is 0 Å². The number of nitrogens with zero attached hydrogens (tertiary/aromatic N) is 2. The van der Waals surface area contributed by atoms with Crippen LogP contribution in [0.1, 0.15) is 168 Å². The van der Waals surface area contributed by atoms with Crippen LogP contribution in [0.5, 0.6) is 0 Å². The number of anilines is 1. The summed E-state index contributed by atoms with van der Waals surface area (Å²) in [5, 5.41) is 20.9. The Kier molecular flexibility index (Phi) is 31.1. The van der Waals surface area contributed by atoms with Crippen molar-refractivity contribution in [3.63, 3.8) is 0 Å². The standard InChI is InChI=1S/C46H77N3O16P2/c1-3-5-7-9-11-12-13-14-15-16-18-22-27-31-42(52)63-38(34-60-41(51)30-26-23-19-21-25-29-37(50)28-24-20-17-10-8-6-4-2)35-61-66(56,57)65-67(58,59)62-36-39-43(53)44(54)45(64-39)49-33-32-40(47)48-46(49)55/h12-13,17,20,24,28,32-33,38-39,43-45,53-54H,3-11,14-16,18-19,21-23,25-27,29-31,34-36H2,1-2H3,(H,56,57)(H,58,59)(H2,47,48,55)/b13-12-,20-17-,28-24+/t38-,39-,43-,44-,45-/m1/s1. The normalized spacial score (nSPS) is 19.8. The van der Waals surface area contributed by atoms with Gasteiger partial charge in [0.25, 0.3) is 0 Å². The number of allylic oxidation sites excluding steroid dienone is 6. The van der Waals surface area contributed by atoms with E-state index < -0.39 is 83.7 Å². The first-order valence-electron chi connectivity index (χ1n) is 24.0. The summed E-state index contributed by atoms with van der Waals surface area (Å²) in [7, 11) is -10.9. The quantitative estimate of drug-likeness (QED) is 0.0103. The lowest BCUT2D eigenvalue weighted by Crippen LogP contribution is -2.36. The molecule has 0 aliphatic carbocycles. The van der Waals surface area contributed by atoms with Gasteiger partial charge in [-0.3, -0.25) is 28.0 Å². The number of aromatic nitrogens is 2. The van der Waals surface area contributed by atoms with E-state index in [1.807, 2.05) is 6.08 Å². The third kappa shape index (κ3) is 28.0. The fourth-order valence-corrected chi connectivity index (χ4v) is 8.99.